The van der Waals surface area contributed by atoms with Gasteiger partial charge in [0.1, 0.15) is 12.7 Å². The molecular formula is C21H24N6O2. The van der Waals surface area contributed by atoms with Crippen LogP contribution in [0.4, 0.5) is 5.69 Å². The van der Waals surface area contributed by atoms with Gasteiger partial charge in [-0.1, -0.05) is 29.8 Å². The fraction of sp³-hybridized carbons (Fsp3) is 0.238. The Morgan fingerprint density at radius 1 is 1.00 bits per heavy atom. The van der Waals surface area contributed by atoms with E-state index in [1.54, 1.807) is 23.1 Å². The topological polar surface area (TPSA) is 101 Å². The first-order valence-corrected chi connectivity index (χ1v) is 9.24. The van der Waals surface area contributed by atoms with Crippen molar-refractivity contribution in [2.75, 3.05) is 11.9 Å². The van der Waals surface area contributed by atoms with Crippen LogP contribution >= 0.6 is 0 Å². The minimum atomic E-state index is -0.381. The molecule has 8 nitrogen and oxygen atoms in total. The highest BCUT2D eigenvalue weighted by molar-refractivity contribution is 5.95. The fourth-order valence-electron chi connectivity index (χ4n) is 3.13. The smallest absolute Gasteiger partial charge is 0.269 e. The van der Waals surface area contributed by atoms with E-state index in [-0.39, 0.29) is 18.4 Å². The van der Waals surface area contributed by atoms with E-state index in [1.807, 2.05) is 32.9 Å². The monoisotopic (exact) mass is 392 g/mol. The minimum absolute atomic E-state index is 0.0574. The summed E-state index contributed by atoms with van der Waals surface area (Å²) in [6.07, 6.45) is 3.10. The summed E-state index contributed by atoms with van der Waals surface area (Å²) in [5.41, 5.74) is 10.6. The maximum atomic E-state index is 12.2. The molecule has 0 aliphatic heterocycles. The third kappa shape index (κ3) is 5.41. The number of rotatable bonds is 6. The molecule has 0 atom stereocenters. The van der Waals surface area contributed by atoms with Crippen molar-refractivity contribution in [3.05, 3.63) is 76.9 Å². The number of hydrazine groups is 1. The molecule has 0 bridgehead atoms. The van der Waals surface area contributed by atoms with Gasteiger partial charge in [0.05, 0.1) is 13.1 Å². The summed E-state index contributed by atoms with van der Waals surface area (Å²) in [4.78, 5) is 28.2. The first-order chi connectivity index (χ1) is 13.9. The van der Waals surface area contributed by atoms with Crippen LogP contribution in [0.1, 0.15) is 32.6 Å². The van der Waals surface area contributed by atoms with Crippen molar-refractivity contribution in [1.82, 2.24) is 25.6 Å². The summed E-state index contributed by atoms with van der Waals surface area (Å²) in [6, 6.07) is 11.2. The molecule has 0 aliphatic carbocycles. The Kier molecular flexibility index (Phi) is 6.23. The summed E-state index contributed by atoms with van der Waals surface area (Å²) in [6.45, 7) is 6.65. The Balaban J connectivity index is 1.48. The number of carbonyl (C=O) groups excluding carboxylic acids is 2. The second-order valence-corrected chi connectivity index (χ2v) is 6.92. The largest absolute Gasteiger partial charge is 0.376 e. The van der Waals surface area contributed by atoms with Crippen molar-refractivity contribution in [2.45, 2.75) is 27.3 Å². The number of amides is 2. The first kappa shape index (κ1) is 20.1. The number of nitrogens with zero attached hydrogens (tertiary/aromatic N) is 3. The summed E-state index contributed by atoms with van der Waals surface area (Å²) in [7, 11) is 0. The van der Waals surface area contributed by atoms with Crippen molar-refractivity contribution in [2.24, 2.45) is 0 Å². The standard InChI is InChI=1S/C21H24N6O2/c1-14-8-15(2)20(16(3)9-14)23-10-19(28)25-26-21(29)18-6-4-17(5-7-18)11-27-13-22-12-24-27/h4-9,12-13,23H,10-11H2,1-3H3,(H,25,28)(H,26,29). The number of benzene rings is 2. The third-order valence-corrected chi connectivity index (χ3v) is 4.45. The summed E-state index contributed by atoms with van der Waals surface area (Å²) >= 11 is 0. The van der Waals surface area contributed by atoms with Crippen LogP contribution in [0.2, 0.25) is 0 Å². The zero-order valence-corrected chi connectivity index (χ0v) is 16.7. The summed E-state index contributed by atoms with van der Waals surface area (Å²) in [5, 5.41) is 7.17. The quantitative estimate of drug-likeness (QED) is 0.558. The summed E-state index contributed by atoms with van der Waals surface area (Å²) in [5.74, 6) is -0.714. The highest BCUT2D eigenvalue weighted by Gasteiger charge is 2.09. The minimum Gasteiger partial charge on any atom is -0.376 e. The number of nitrogens with one attached hydrogen (secondary N) is 3. The Hall–Kier alpha value is -3.68. The van der Waals surface area contributed by atoms with E-state index in [0.717, 1.165) is 22.4 Å². The molecule has 0 radical (unpaired) electrons. The maximum Gasteiger partial charge on any atom is 0.269 e. The highest BCUT2D eigenvalue weighted by Crippen LogP contribution is 2.21. The van der Waals surface area contributed by atoms with Gasteiger partial charge in [-0.3, -0.25) is 20.4 Å². The number of carbonyl (C=O) groups is 2. The molecule has 8 heteroatoms. The number of anilines is 1. The molecule has 2 aromatic carbocycles. The highest BCUT2D eigenvalue weighted by atomic mass is 16.2. The number of aryl methyl sites for hydroxylation is 3. The molecule has 0 aliphatic rings. The van der Waals surface area contributed by atoms with Gasteiger partial charge in [-0.25, -0.2) is 9.67 Å². The van der Waals surface area contributed by atoms with Crippen LogP contribution in [0, 0.1) is 20.8 Å². The fourth-order valence-corrected chi connectivity index (χ4v) is 3.13. The lowest BCUT2D eigenvalue weighted by molar-refractivity contribution is -0.120. The van der Waals surface area contributed by atoms with Crippen LogP contribution in [0.3, 0.4) is 0 Å². The molecule has 1 aromatic heterocycles. The van der Waals surface area contributed by atoms with Gasteiger partial charge < -0.3 is 5.32 Å². The second kappa shape index (κ2) is 9.01. The second-order valence-electron chi connectivity index (χ2n) is 6.92. The van der Waals surface area contributed by atoms with Crippen LogP contribution in [-0.4, -0.2) is 33.1 Å². The first-order valence-electron chi connectivity index (χ1n) is 9.24. The van der Waals surface area contributed by atoms with Crippen LogP contribution in [0.15, 0.2) is 49.1 Å². The average molecular weight is 392 g/mol. The van der Waals surface area contributed by atoms with Gasteiger partial charge >= 0.3 is 0 Å². The lowest BCUT2D eigenvalue weighted by Crippen LogP contribution is -2.44. The van der Waals surface area contributed by atoms with Crippen LogP contribution in [0.5, 0.6) is 0 Å². The third-order valence-electron chi connectivity index (χ3n) is 4.45. The van der Waals surface area contributed by atoms with Crippen molar-refractivity contribution >= 4 is 17.5 Å². The van der Waals surface area contributed by atoms with E-state index < -0.39 is 0 Å². The number of aromatic nitrogens is 3. The van der Waals surface area contributed by atoms with Crippen molar-refractivity contribution in [1.29, 1.82) is 0 Å². The van der Waals surface area contributed by atoms with Gasteiger partial charge in [0.25, 0.3) is 11.8 Å². The molecule has 0 saturated heterocycles. The molecule has 0 unspecified atom stereocenters. The van der Waals surface area contributed by atoms with Crippen LogP contribution in [-0.2, 0) is 11.3 Å². The molecule has 3 rings (SSSR count). The number of hydrogen-bond acceptors (Lipinski definition) is 5. The SMILES string of the molecule is Cc1cc(C)c(NCC(=O)NNC(=O)c2ccc(Cn3cncn3)cc2)c(C)c1. The van der Waals surface area contributed by atoms with Crippen molar-refractivity contribution < 1.29 is 9.59 Å². The van der Waals surface area contributed by atoms with Gasteiger partial charge in [-0.05, 0) is 49.6 Å². The van der Waals surface area contributed by atoms with Gasteiger partial charge in [-0.2, -0.15) is 5.10 Å². The molecule has 0 spiro atoms. The lowest BCUT2D eigenvalue weighted by Gasteiger charge is -2.14. The predicted octanol–water partition coefficient (Wildman–Crippen LogP) is 2.12. The molecule has 1 heterocycles. The Bertz CT molecular complexity index is 974. The lowest BCUT2D eigenvalue weighted by atomic mass is 10.1. The molecular weight excluding hydrogens is 368 g/mol. The van der Waals surface area contributed by atoms with Crippen molar-refractivity contribution in [3.63, 3.8) is 0 Å². The zero-order chi connectivity index (χ0) is 20.8. The van der Waals surface area contributed by atoms with E-state index in [1.165, 1.54) is 11.9 Å². The predicted molar refractivity (Wildman–Crippen MR) is 110 cm³/mol. The van der Waals surface area contributed by atoms with E-state index in [0.29, 0.717) is 12.1 Å². The van der Waals surface area contributed by atoms with Crippen molar-refractivity contribution in [3.8, 4) is 0 Å². The maximum absolute atomic E-state index is 12.2. The molecule has 0 saturated carbocycles. The van der Waals surface area contributed by atoms with Crippen LogP contribution < -0.4 is 16.2 Å². The van der Waals surface area contributed by atoms with E-state index in [4.69, 9.17) is 0 Å². The molecule has 29 heavy (non-hydrogen) atoms. The normalized spacial score (nSPS) is 10.4. The van der Waals surface area contributed by atoms with Gasteiger partial charge in [-0.15, -0.1) is 0 Å². The van der Waals surface area contributed by atoms with E-state index in [2.05, 4.69) is 38.4 Å². The Morgan fingerprint density at radius 2 is 1.69 bits per heavy atom. The Morgan fingerprint density at radius 3 is 2.31 bits per heavy atom. The molecule has 3 N–H and O–H groups in total. The number of hydrogen-bond donors (Lipinski definition) is 3. The van der Waals surface area contributed by atoms with Crippen LogP contribution in [0.25, 0.3) is 0 Å². The summed E-state index contributed by atoms with van der Waals surface area (Å²) < 4.78 is 1.69. The average Bonchev–Trinajstić information content (AvgIpc) is 3.19. The van der Waals surface area contributed by atoms with E-state index in [9.17, 15) is 9.59 Å². The van der Waals surface area contributed by atoms with Gasteiger partial charge in [0.15, 0.2) is 0 Å². The molecule has 0 fully saturated rings. The van der Waals surface area contributed by atoms with E-state index >= 15 is 0 Å². The van der Waals surface area contributed by atoms with Gasteiger partial charge in [0.2, 0.25) is 0 Å². The van der Waals surface area contributed by atoms with Gasteiger partial charge in [0, 0.05) is 11.3 Å². The molecule has 3 aromatic rings. The molecule has 2 amide bonds. The zero-order valence-electron chi connectivity index (χ0n) is 16.7. The Labute approximate surface area is 169 Å². The molecule has 150 valence electrons.